The third kappa shape index (κ3) is 2.92. The summed E-state index contributed by atoms with van der Waals surface area (Å²) in [6.45, 7) is 2.17. The van der Waals surface area contributed by atoms with Gasteiger partial charge >= 0.3 is 5.97 Å². The molecular weight excluding hydrogens is 250 g/mol. The average molecular weight is 274 g/mol. The van der Waals surface area contributed by atoms with Gasteiger partial charge in [0.25, 0.3) is 0 Å². The maximum Gasteiger partial charge on any atom is 0.309 e. The molecule has 2 rings (SSSR count). The van der Waals surface area contributed by atoms with Gasteiger partial charge in [-0.3, -0.25) is 4.79 Å². The second-order valence-electron chi connectivity index (χ2n) is 6.44. The Morgan fingerprint density at radius 3 is 2.05 bits per heavy atom. The van der Waals surface area contributed by atoms with Gasteiger partial charge in [-0.2, -0.15) is 0 Å². The highest BCUT2D eigenvalue weighted by Gasteiger charge is 2.52. The van der Waals surface area contributed by atoms with E-state index < -0.39 is 17.3 Å². The molecule has 0 heterocycles. The van der Waals surface area contributed by atoms with Crippen LogP contribution >= 0.6 is 0 Å². The second-order valence-corrected chi connectivity index (χ2v) is 6.44. The standard InChI is InChI=1S/C15H24F2O2/c1-2-11-3-5-12(6-4-11)14(13(18)19)7-9-15(16,17)10-8-14/h11-12H,2-10H2,1H3,(H,18,19). The van der Waals surface area contributed by atoms with Crippen molar-refractivity contribution in [3.63, 3.8) is 0 Å². The number of carboxylic acid groups (broad SMARTS) is 1. The number of halogens is 2. The lowest BCUT2D eigenvalue weighted by Gasteiger charge is -2.44. The average Bonchev–Trinajstić information content (AvgIpc) is 2.39. The monoisotopic (exact) mass is 274 g/mol. The molecule has 0 saturated heterocycles. The minimum absolute atomic E-state index is 0.101. The molecule has 0 spiro atoms. The van der Waals surface area contributed by atoms with Crippen molar-refractivity contribution in [3.05, 3.63) is 0 Å². The number of aliphatic carboxylic acids is 1. The van der Waals surface area contributed by atoms with E-state index in [1.54, 1.807) is 0 Å². The van der Waals surface area contributed by atoms with Crippen molar-refractivity contribution in [1.82, 2.24) is 0 Å². The Kier molecular flexibility index (Phi) is 4.17. The molecule has 19 heavy (non-hydrogen) atoms. The number of carboxylic acids is 1. The summed E-state index contributed by atoms with van der Waals surface area (Å²) in [4.78, 5) is 11.7. The van der Waals surface area contributed by atoms with E-state index in [9.17, 15) is 18.7 Å². The fraction of sp³-hybridized carbons (Fsp3) is 0.933. The summed E-state index contributed by atoms with van der Waals surface area (Å²) >= 11 is 0. The fourth-order valence-electron chi connectivity index (χ4n) is 3.98. The Labute approximate surface area is 113 Å². The van der Waals surface area contributed by atoms with Gasteiger partial charge in [0.05, 0.1) is 5.41 Å². The van der Waals surface area contributed by atoms with Crippen LogP contribution in [-0.2, 0) is 4.79 Å². The molecule has 110 valence electrons. The van der Waals surface area contributed by atoms with E-state index >= 15 is 0 Å². The maximum absolute atomic E-state index is 13.3. The van der Waals surface area contributed by atoms with Gasteiger partial charge in [-0.25, -0.2) is 8.78 Å². The van der Waals surface area contributed by atoms with Crippen LogP contribution in [0.4, 0.5) is 8.78 Å². The highest BCUT2D eigenvalue weighted by Crippen LogP contribution is 2.52. The Bertz CT molecular complexity index is 323. The summed E-state index contributed by atoms with van der Waals surface area (Å²) in [6, 6.07) is 0. The van der Waals surface area contributed by atoms with Crippen LogP contribution in [0, 0.1) is 17.3 Å². The van der Waals surface area contributed by atoms with Crippen molar-refractivity contribution in [2.24, 2.45) is 17.3 Å². The summed E-state index contributed by atoms with van der Waals surface area (Å²) in [6.07, 6.45) is 4.85. The van der Waals surface area contributed by atoms with Crippen molar-refractivity contribution in [1.29, 1.82) is 0 Å². The van der Waals surface area contributed by atoms with E-state index in [1.807, 2.05) is 0 Å². The Balaban J connectivity index is 2.07. The first-order valence-corrected chi connectivity index (χ1v) is 7.51. The number of hydrogen-bond acceptors (Lipinski definition) is 1. The summed E-state index contributed by atoms with van der Waals surface area (Å²) in [5.74, 6) is -2.70. The molecule has 0 bridgehead atoms. The predicted molar refractivity (Wildman–Crippen MR) is 69.2 cm³/mol. The molecule has 2 nitrogen and oxygen atoms in total. The molecule has 2 fully saturated rings. The van der Waals surface area contributed by atoms with Gasteiger partial charge in [0.2, 0.25) is 5.92 Å². The quantitative estimate of drug-likeness (QED) is 0.823. The SMILES string of the molecule is CCC1CCC(C2(C(=O)O)CCC(F)(F)CC2)CC1. The van der Waals surface area contributed by atoms with Crippen LogP contribution in [0.15, 0.2) is 0 Å². The summed E-state index contributed by atoms with van der Waals surface area (Å²) < 4.78 is 26.6. The lowest BCUT2D eigenvalue weighted by Crippen LogP contribution is -2.45. The van der Waals surface area contributed by atoms with Crippen molar-refractivity contribution in [2.75, 3.05) is 0 Å². The molecule has 0 aromatic rings. The number of alkyl halides is 2. The minimum Gasteiger partial charge on any atom is -0.481 e. The van der Waals surface area contributed by atoms with Gasteiger partial charge < -0.3 is 5.11 Å². The van der Waals surface area contributed by atoms with Gasteiger partial charge in [-0.15, -0.1) is 0 Å². The molecule has 2 saturated carbocycles. The van der Waals surface area contributed by atoms with Crippen LogP contribution in [0.3, 0.4) is 0 Å². The lowest BCUT2D eigenvalue weighted by atomic mass is 9.60. The predicted octanol–water partition coefficient (Wildman–Crippen LogP) is 4.48. The molecule has 0 aromatic heterocycles. The first-order chi connectivity index (χ1) is 8.89. The molecule has 0 unspecified atom stereocenters. The minimum atomic E-state index is -2.65. The zero-order chi connectivity index (χ0) is 14.1. The van der Waals surface area contributed by atoms with Crippen LogP contribution in [0.25, 0.3) is 0 Å². The van der Waals surface area contributed by atoms with E-state index in [2.05, 4.69) is 6.92 Å². The van der Waals surface area contributed by atoms with Gasteiger partial charge in [0, 0.05) is 12.8 Å². The molecule has 0 amide bonds. The molecule has 0 aliphatic heterocycles. The van der Waals surface area contributed by atoms with Gasteiger partial charge in [0.15, 0.2) is 0 Å². The Morgan fingerprint density at radius 2 is 1.63 bits per heavy atom. The normalized spacial score (nSPS) is 33.8. The molecule has 1 N–H and O–H groups in total. The number of hydrogen-bond donors (Lipinski definition) is 1. The van der Waals surface area contributed by atoms with Crippen molar-refractivity contribution in [3.8, 4) is 0 Å². The molecule has 2 aliphatic rings. The van der Waals surface area contributed by atoms with Crippen LogP contribution in [0.5, 0.6) is 0 Å². The maximum atomic E-state index is 13.3. The van der Waals surface area contributed by atoms with Gasteiger partial charge in [0.1, 0.15) is 0 Å². The highest BCUT2D eigenvalue weighted by atomic mass is 19.3. The van der Waals surface area contributed by atoms with Crippen LogP contribution in [0.2, 0.25) is 0 Å². The van der Waals surface area contributed by atoms with Gasteiger partial charge in [-0.1, -0.05) is 26.2 Å². The molecule has 4 heteroatoms. The van der Waals surface area contributed by atoms with Crippen molar-refractivity contribution >= 4 is 5.97 Å². The number of carbonyl (C=O) groups is 1. The molecule has 0 radical (unpaired) electrons. The molecule has 0 aromatic carbocycles. The van der Waals surface area contributed by atoms with E-state index in [-0.39, 0.29) is 31.6 Å². The van der Waals surface area contributed by atoms with Crippen molar-refractivity contribution < 1.29 is 18.7 Å². The number of rotatable bonds is 3. The zero-order valence-electron chi connectivity index (χ0n) is 11.6. The van der Waals surface area contributed by atoms with E-state index in [1.165, 1.54) is 0 Å². The fourth-order valence-corrected chi connectivity index (χ4v) is 3.98. The Hall–Kier alpha value is -0.670. The van der Waals surface area contributed by atoms with E-state index in [0.29, 0.717) is 5.92 Å². The largest absolute Gasteiger partial charge is 0.481 e. The van der Waals surface area contributed by atoms with Crippen molar-refractivity contribution in [2.45, 2.75) is 70.6 Å². The lowest BCUT2D eigenvalue weighted by molar-refractivity contribution is -0.164. The summed E-state index contributed by atoms with van der Waals surface area (Å²) in [7, 11) is 0. The first kappa shape index (κ1) is 14.7. The van der Waals surface area contributed by atoms with Gasteiger partial charge in [-0.05, 0) is 37.5 Å². The molecule has 2 aliphatic carbocycles. The smallest absolute Gasteiger partial charge is 0.309 e. The third-order valence-electron chi connectivity index (χ3n) is 5.51. The highest BCUT2D eigenvalue weighted by molar-refractivity contribution is 5.75. The third-order valence-corrected chi connectivity index (χ3v) is 5.51. The Morgan fingerprint density at radius 1 is 1.11 bits per heavy atom. The second kappa shape index (κ2) is 5.37. The topological polar surface area (TPSA) is 37.3 Å². The molecule has 0 atom stereocenters. The first-order valence-electron chi connectivity index (χ1n) is 7.51. The molecular formula is C15H24F2O2. The van der Waals surface area contributed by atoms with E-state index in [0.717, 1.165) is 32.1 Å². The van der Waals surface area contributed by atoms with Crippen LogP contribution in [0.1, 0.15) is 64.7 Å². The van der Waals surface area contributed by atoms with Crippen LogP contribution < -0.4 is 0 Å². The summed E-state index contributed by atoms with van der Waals surface area (Å²) in [5, 5.41) is 9.59. The zero-order valence-corrected chi connectivity index (χ0v) is 11.6. The van der Waals surface area contributed by atoms with E-state index in [4.69, 9.17) is 0 Å². The summed E-state index contributed by atoms with van der Waals surface area (Å²) in [5.41, 5.74) is -0.875. The van der Waals surface area contributed by atoms with Crippen LogP contribution in [-0.4, -0.2) is 17.0 Å².